The van der Waals surface area contributed by atoms with E-state index in [1.807, 2.05) is 6.07 Å². The lowest BCUT2D eigenvalue weighted by molar-refractivity contribution is -0.929. The Hall–Kier alpha value is -2.85. The highest BCUT2D eigenvalue weighted by Crippen LogP contribution is 2.50. The van der Waals surface area contributed by atoms with Crippen molar-refractivity contribution >= 4 is 35.3 Å². The molecule has 2 amide bonds. The van der Waals surface area contributed by atoms with Gasteiger partial charge in [-0.25, -0.2) is 0 Å². The molecule has 2 heterocycles. The maximum atomic E-state index is 13.1. The fraction of sp³-hybridized carbons (Fsp3) is 0.676. The summed E-state index contributed by atoms with van der Waals surface area (Å²) in [5.74, 6) is -2.34. The summed E-state index contributed by atoms with van der Waals surface area (Å²) in [7, 11) is 0. The molecule has 0 bridgehead atoms. The molecule has 2 saturated heterocycles. The lowest BCUT2D eigenvalue weighted by atomic mass is 9.95. The van der Waals surface area contributed by atoms with Crippen LogP contribution in [0.3, 0.4) is 0 Å². The lowest BCUT2D eigenvalue weighted by Crippen LogP contribution is -2.72. The molecule has 1 aromatic rings. The van der Waals surface area contributed by atoms with E-state index in [4.69, 9.17) is 0 Å². The lowest BCUT2D eigenvalue weighted by Gasteiger charge is -2.45. The molecule has 4 atom stereocenters. The summed E-state index contributed by atoms with van der Waals surface area (Å²) in [4.78, 5) is 49.9. The second-order valence-electron chi connectivity index (χ2n) is 13.6. The molecule has 2 aliphatic rings. The number of benzene rings is 1. The van der Waals surface area contributed by atoms with E-state index >= 15 is 0 Å². The van der Waals surface area contributed by atoms with Crippen LogP contribution >= 0.6 is 11.8 Å². The van der Waals surface area contributed by atoms with E-state index < -0.39 is 46.0 Å². The third kappa shape index (κ3) is 11.4. The van der Waals surface area contributed by atoms with Gasteiger partial charge >= 0.3 is 0 Å². The van der Waals surface area contributed by atoms with E-state index in [0.29, 0.717) is 11.3 Å². The Morgan fingerprint density at radius 1 is 0.915 bits per heavy atom. The second-order valence-corrected chi connectivity index (χ2v) is 15.4. The number of quaternary nitrogens is 1. The first-order valence-electron chi connectivity index (χ1n) is 17.6. The number of β-lactam (4-membered cyclic amide) rings is 1. The van der Waals surface area contributed by atoms with E-state index in [1.165, 1.54) is 112 Å². The number of nitrogens with one attached hydrogen (secondary N) is 2. The maximum Gasteiger partial charge on any atom is 0.249 e. The Balaban J connectivity index is 0.000000387. The van der Waals surface area contributed by atoms with Gasteiger partial charge in [-0.05, 0) is 65.0 Å². The molecule has 0 spiro atoms. The number of hydrogen-bond donors (Lipinski definition) is 2. The predicted molar refractivity (Wildman–Crippen MR) is 189 cm³/mol. The third-order valence-electron chi connectivity index (χ3n) is 9.09. The molecular weight excluding hydrogens is 612 g/mol. The Morgan fingerprint density at radius 2 is 1.40 bits per heavy atom. The van der Waals surface area contributed by atoms with Crippen LogP contribution < -0.4 is 15.7 Å². The molecule has 0 radical (unpaired) electrons. The van der Waals surface area contributed by atoms with Crippen molar-refractivity contribution in [2.75, 3.05) is 26.2 Å². The summed E-state index contributed by atoms with van der Waals surface area (Å²) in [6, 6.07) is 6.25. The van der Waals surface area contributed by atoms with Crippen LogP contribution in [0.2, 0.25) is 0 Å². The van der Waals surface area contributed by atoms with Crippen LogP contribution in [-0.4, -0.2) is 81.3 Å². The Bertz CT molecular complexity index is 1170. The zero-order chi connectivity index (χ0) is 35.2. The number of carboxylic acid groups (broad SMARTS) is 1. The second kappa shape index (κ2) is 19.2. The highest BCUT2D eigenvalue weighted by Gasteiger charge is 2.62. The van der Waals surface area contributed by atoms with Gasteiger partial charge in [0.1, 0.15) is 17.5 Å². The molecule has 2 N–H and O–H groups in total. The van der Waals surface area contributed by atoms with Gasteiger partial charge < -0.3 is 29.9 Å². The van der Waals surface area contributed by atoms with Gasteiger partial charge in [-0.3, -0.25) is 14.4 Å². The average molecular weight is 673 g/mol. The number of ketones is 1. The minimum atomic E-state index is -1.30. The zero-order valence-corrected chi connectivity index (χ0v) is 30.9. The molecular formula is C37H60N4O5S. The quantitative estimate of drug-likeness (QED) is 0.119. The molecule has 47 heavy (non-hydrogen) atoms. The summed E-state index contributed by atoms with van der Waals surface area (Å²) >= 11 is 1.33. The molecule has 10 heteroatoms. The number of carbonyl (C=O) groups excluding carboxylic acids is 4. The van der Waals surface area contributed by atoms with Gasteiger partial charge in [-0.1, -0.05) is 83.7 Å². The molecule has 2 fully saturated rings. The minimum Gasteiger partial charge on any atom is -0.548 e. The maximum absolute atomic E-state index is 13.1. The van der Waals surface area contributed by atoms with Gasteiger partial charge in [0, 0.05) is 10.4 Å². The molecule has 0 aromatic heterocycles. The van der Waals surface area contributed by atoms with Crippen molar-refractivity contribution in [3.05, 3.63) is 47.7 Å². The summed E-state index contributed by atoms with van der Waals surface area (Å²) in [5.41, 5.74) is 1.18. The molecule has 3 rings (SSSR count). The largest absolute Gasteiger partial charge is 0.548 e. The van der Waals surface area contributed by atoms with Gasteiger partial charge in [-0.2, -0.15) is 0 Å². The number of unbranched alkanes of at least 4 members (excludes halogenated alkanes) is 4. The SMILES string of the molecule is CC(=O)/C=C(\C)NC(C(=O)NC1C(=O)N2[C@@H]1SC(C)(C)[C@@H]2C(=O)[O-])c1ccccc1.CCCC[N+](CCCC)(CCCC)CCCC. The van der Waals surface area contributed by atoms with Gasteiger partial charge in [0.2, 0.25) is 11.8 Å². The number of aliphatic carboxylic acids is 1. The van der Waals surface area contributed by atoms with Gasteiger partial charge in [0.25, 0.3) is 0 Å². The van der Waals surface area contributed by atoms with Crippen molar-refractivity contribution in [2.24, 2.45) is 0 Å². The van der Waals surface area contributed by atoms with Crippen molar-refractivity contribution in [3.63, 3.8) is 0 Å². The number of amides is 2. The summed E-state index contributed by atoms with van der Waals surface area (Å²) < 4.78 is 0.694. The number of carboxylic acids is 1. The Labute approximate surface area is 287 Å². The predicted octanol–water partition coefficient (Wildman–Crippen LogP) is 5.11. The number of carbonyl (C=O) groups is 4. The van der Waals surface area contributed by atoms with Crippen LogP contribution in [0.1, 0.15) is 118 Å². The van der Waals surface area contributed by atoms with E-state index in [1.54, 1.807) is 45.0 Å². The Kier molecular flexibility index (Phi) is 16.5. The molecule has 9 nitrogen and oxygen atoms in total. The van der Waals surface area contributed by atoms with E-state index in [-0.39, 0.29) is 5.78 Å². The van der Waals surface area contributed by atoms with Gasteiger partial charge in [-0.15, -0.1) is 11.8 Å². The van der Waals surface area contributed by atoms with Crippen molar-refractivity contribution in [3.8, 4) is 0 Å². The summed E-state index contributed by atoms with van der Waals surface area (Å²) in [5, 5.41) is 16.8. The summed E-state index contributed by atoms with van der Waals surface area (Å²) in [6.45, 7) is 21.6. The fourth-order valence-electron chi connectivity index (χ4n) is 6.53. The van der Waals surface area contributed by atoms with Crippen molar-refractivity contribution < 1.29 is 28.8 Å². The fourth-order valence-corrected chi connectivity index (χ4v) is 8.15. The topological polar surface area (TPSA) is 119 Å². The Morgan fingerprint density at radius 3 is 1.83 bits per heavy atom. The van der Waals surface area contributed by atoms with Crippen LogP contribution in [0.5, 0.6) is 0 Å². The van der Waals surface area contributed by atoms with E-state index in [9.17, 15) is 24.3 Å². The van der Waals surface area contributed by atoms with Crippen LogP contribution in [0.4, 0.5) is 0 Å². The number of fused-ring (bicyclic) bond motifs is 1. The van der Waals surface area contributed by atoms with Gasteiger partial charge in [0.15, 0.2) is 5.78 Å². The first-order valence-corrected chi connectivity index (χ1v) is 18.5. The molecule has 0 aliphatic carbocycles. The van der Waals surface area contributed by atoms with Gasteiger partial charge in [0.05, 0.1) is 38.2 Å². The van der Waals surface area contributed by atoms with Crippen LogP contribution in [0.15, 0.2) is 42.1 Å². The van der Waals surface area contributed by atoms with Crippen LogP contribution in [-0.2, 0) is 19.2 Å². The number of hydrogen-bond acceptors (Lipinski definition) is 7. The molecule has 0 saturated carbocycles. The minimum absolute atomic E-state index is 0.157. The number of allylic oxidation sites excluding steroid dienone is 2. The van der Waals surface area contributed by atoms with E-state index in [0.717, 1.165) is 0 Å². The third-order valence-corrected chi connectivity index (χ3v) is 10.7. The molecule has 264 valence electrons. The zero-order valence-electron chi connectivity index (χ0n) is 30.1. The first kappa shape index (κ1) is 40.3. The smallest absolute Gasteiger partial charge is 0.249 e. The molecule has 2 aliphatic heterocycles. The summed E-state index contributed by atoms with van der Waals surface area (Å²) in [6.07, 6.45) is 12.4. The first-order chi connectivity index (χ1) is 22.3. The molecule has 1 aromatic carbocycles. The highest BCUT2D eigenvalue weighted by molar-refractivity contribution is 8.01. The molecule has 2 unspecified atom stereocenters. The normalized spacial score (nSPS) is 20.8. The number of thioether (sulfide) groups is 1. The van der Waals surface area contributed by atoms with Crippen LogP contribution in [0.25, 0.3) is 0 Å². The monoisotopic (exact) mass is 672 g/mol. The van der Waals surface area contributed by atoms with Crippen molar-refractivity contribution in [2.45, 2.75) is 135 Å². The highest BCUT2D eigenvalue weighted by atomic mass is 32.2. The number of rotatable bonds is 19. The number of nitrogens with zero attached hydrogens (tertiary/aromatic N) is 2. The average Bonchev–Trinajstić information content (AvgIpc) is 3.29. The van der Waals surface area contributed by atoms with Crippen molar-refractivity contribution in [1.82, 2.24) is 15.5 Å². The van der Waals surface area contributed by atoms with Crippen LogP contribution in [0, 0.1) is 0 Å². The standard InChI is InChI=1S/C21H25N3O5S.C16H36N/c1-11(10-12(2)25)22-14(13-8-6-5-7-9-13)17(26)23-15-18(27)24-16(20(28)29)21(3,4)30-19(15)24;1-5-9-13-17(14-10-6-2,15-11-7-3)16-12-8-4/h5-10,14-16,19,22H,1-4H3,(H,23,26)(H,28,29);5-16H2,1-4H3/q;+1/p-1/b11-10+;/t14?,15?,16-,19+;/m0./s1. The van der Waals surface area contributed by atoms with Crippen molar-refractivity contribution in [1.29, 1.82) is 0 Å². The van der Waals surface area contributed by atoms with E-state index in [2.05, 4.69) is 38.3 Å².